The third-order valence-electron chi connectivity index (χ3n) is 2.89. The van der Waals surface area contributed by atoms with Crippen LogP contribution in [0.5, 0.6) is 0 Å². The van der Waals surface area contributed by atoms with Crippen molar-refractivity contribution < 1.29 is 24.3 Å². The molecule has 1 saturated heterocycles. The zero-order chi connectivity index (χ0) is 14.9. The summed E-state index contributed by atoms with van der Waals surface area (Å²) < 4.78 is 0. The molecule has 2 N–H and O–H groups in total. The van der Waals surface area contributed by atoms with Crippen molar-refractivity contribution in [3.8, 4) is 0 Å². The molecule has 7 nitrogen and oxygen atoms in total. The van der Waals surface area contributed by atoms with Crippen LogP contribution in [0, 0.1) is 0 Å². The summed E-state index contributed by atoms with van der Waals surface area (Å²) in [6, 6.07) is -0.765. The van der Waals surface area contributed by atoms with Crippen molar-refractivity contribution in [1.29, 1.82) is 0 Å². The zero-order valence-corrected chi connectivity index (χ0v) is 12.6. The highest BCUT2D eigenvalue weighted by Crippen LogP contribution is 2.37. The fourth-order valence-corrected chi connectivity index (χ4v) is 3.38. The number of rotatable bonds is 5. The van der Waals surface area contributed by atoms with Gasteiger partial charge in [0.15, 0.2) is 5.78 Å². The van der Waals surface area contributed by atoms with Gasteiger partial charge in [-0.25, -0.2) is 4.79 Å². The van der Waals surface area contributed by atoms with Crippen LogP contribution >= 0.6 is 27.7 Å². The molecule has 2 atom stereocenters. The molecule has 2 heterocycles. The first-order chi connectivity index (χ1) is 9.45. The number of thioether (sulfide) groups is 1. The summed E-state index contributed by atoms with van der Waals surface area (Å²) in [5.74, 6) is -1.98. The summed E-state index contributed by atoms with van der Waals surface area (Å²) in [5, 5.41) is 11.1. The number of nitrogens with zero attached hydrogens (tertiary/aromatic N) is 1. The molecular weight excluding hydrogens is 352 g/mol. The number of halogens is 1. The highest BCUT2D eigenvalue weighted by Gasteiger charge is 2.52. The third-order valence-corrected chi connectivity index (χ3v) is 4.70. The Kier molecular flexibility index (Phi) is 4.48. The maximum absolute atomic E-state index is 11.9. The number of ketones is 1. The van der Waals surface area contributed by atoms with E-state index >= 15 is 0 Å². The summed E-state index contributed by atoms with van der Waals surface area (Å²) in [4.78, 5) is 46.8. The van der Waals surface area contributed by atoms with Gasteiger partial charge in [-0.15, -0.1) is 11.8 Å². The van der Waals surface area contributed by atoms with Crippen LogP contribution in [0.3, 0.4) is 0 Å². The van der Waals surface area contributed by atoms with Crippen LogP contribution in [-0.2, 0) is 19.2 Å². The summed E-state index contributed by atoms with van der Waals surface area (Å²) in [5.41, 5.74) is -0.0548. The number of amides is 2. The van der Waals surface area contributed by atoms with Crippen molar-refractivity contribution in [1.82, 2.24) is 10.2 Å². The lowest BCUT2D eigenvalue weighted by Crippen LogP contribution is -2.70. The molecule has 2 rings (SSSR count). The minimum Gasteiger partial charge on any atom is -0.477 e. The van der Waals surface area contributed by atoms with Crippen LogP contribution in [0.25, 0.3) is 0 Å². The van der Waals surface area contributed by atoms with Gasteiger partial charge in [-0.3, -0.25) is 19.3 Å². The molecule has 0 aromatic carbocycles. The summed E-state index contributed by atoms with van der Waals surface area (Å²) in [6.45, 7) is 0. The molecule has 0 aromatic heterocycles. The summed E-state index contributed by atoms with van der Waals surface area (Å²) in [6.07, 6.45) is 1.17. The Morgan fingerprint density at radius 2 is 2.20 bits per heavy atom. The molecule has 0 radical (unpaired) electrons. The number of β-lactam (4-membered cyclic amide) rings is 1. The zero-order valence-electron chi connectivity index (χ0n) is 10.2. The number of hydrogen-bond acceptors (Lipinski definition) is 5. The van der Waals surface area contributed by atoms with Crippen molar-refractivity contribution in [2.45, 2.75) is 17.8 Å². The van der Waals surface area contributed by atoms with Crippen LogP contribution in [0.4, 0.5) is 0 Å². The molecule has 2 amide bonds. The van der Waals surface area contributed by atoms with Crippen molar-refractivity contribution in [3.63, 3.8) is 0 Å². The summed E-state index contributed by atoms with van der Waals surface area (Å²) >= 11 is 4.32. The predicted molar refractivity (Wildman–Crippen MR) is 74.2 cm³/mol. The van der Waals surface area contributed by atoms with E-state index in [9.17, 15) is 19.2 Å². The molecule has 9 heteroatoms. The fourth-order valence-electron chi connectivity index (χ4n) is 1.99. The van der Waals surface area contributed by atoms with E-state index in [1.165, 1.54) is 17.8 Å². The maximum atomic E-state index is 11.9. The number of hydrogen-bond donors (Lipinski definition) is 2. The monoisotopic (exact) mass is 362 g/mol. The molecule has 108 valence electrons. The van der Waals surface area contributed by atoms with Crippen LogP contribution in [-0.4, -0.2) is 56.1 Å². The lowest BCUT2D eigenvalue weighted by atomic mass is 10.0. The van der Waals surface area contributed by atoms with E-state index in [-0.39, 0.29) is 23.2 Å². The molecule has 1 fully saturated rings. The van der Waals surface area contributed by atoms with Gasteiger partial charge < -0.3 is 10.4 Å². The standard InChI is InChI=1S/C11H11BrN2O5S/c12-4-5(15)3-7(16)13-8-9(17)14-6(11(18)19)1-2-20-10(8)14/h1,8,10H,2-4H2,(H,13,16)(H,18,19)/t8?,10-/m0/s1. The number of carbonyl (C=O) groups excluding carboxylic acids is 3. The summed E-state index contributed by atoms with van der Waals surface area (Å²) in [7, 11) is 0. The Hall–Kier alpha value is -1.35. The second kappa shape index (κ2) is 5.96. The van der Waals surface area contributed by atoms with E-state index in [2.05, 4.69) is 21.2 Å². The third kappa shape index (κ3) is 2.73. The SMILES string of the molecule is O=C(CBr)CC(=O)NC1C(=O)N2C(C(=O)O)=CCS[C@@H]12. The van der Waals surface area contributed by atoms with Gasteiger partial charge in [-0.05, 0) is 6.08 Å². The number of carbonyl (C=O) groups is 4. The first kappa shape index (κ1) is 15.0. The van der Waals surface area contributed by atoms with Crippen molar-refractivity contribution in [2.24, 2.45) is 0 Å². The Bertz CT molecular complexity index is 521. The van der Waals surface area contributed by atoms with Gasteiger partial charge >= 0.3 is 5.97 Å². The Balaban J connectivity index is 1.99. The molecule has 20 heavy (non-hydrogen) atoms. The quantitative estimate of drug-likeness (QED) is 0.395. The minimum atomic E-state index is -1.16. The average molecular weight is 363 g/mol. The van der Waals surface area contributed by atoms with E-state index in [0.29, 0.717) is 5.75 Å². The topological polar surface area (TPSA) is 104 Å². The van der Waals surface area contributed by atoms with Crippen LogP contribution < -0.4 is 5.32 Å². The van der Waals surface area contributed by atoms with Crippen molar-refractivity contribution >= 4 is 51.3 Å². The van der Waals surface area contributed by atoms with Gasteiger partial charge in [0, 0.05) is 5.75 Å². The van der Waals surface area contributed by atoms with Crippen molar-refractivity contribution in [2.75, 3.05) is 11.1 Å². The molecule has 0 spiro atoms. The van der Waals surface area contributed by atoms with E-state index in [1.54, 1.807) is 0 Å². The van der Waals surface area contributed by atoms with Crippen LogP contribution in [0.1, 0.15) is 6.42 Å². The maximum Gasteiger partial charge on any atom is 0.352 e. The number of fused-ring (bicyclic) bond motifs is 1. The number of carboxylic acid groups (broad SMARTS) is 1. The largest absolute Gasteiger partial charge is 0.477 e. The van der Waals surface area contributed by atoms with Crippen molar-refractivity contribution in [3.05, 3.63) is 11.8 Å². The van der Waals surface area contributed by atoms with E-state index in [1.807, 2.05) is 0 Å². The molecule has 1 unspecified atom stereocenters. The van der Waals surface area contributed by atoms with Gasteiger partial charge in [0.25, 0.3) is 5.91 Å². The Morgan fingerprint density at radius 1 is 1.50 bits per heavy atom. The number of aliphatic carboxylic acids is 1. The first-order valence-electron chi connectivity index (χ1n) is 5.71. The second-order valence-corrected chi connectivity index (χ2v) is 5.93. The van der Waals surface area contributed by atoms with Gasteiger partial charge in [-0.2, -0.15) is 0 Å². The highest BCUT2D eigenvalue weighted by atomic mass is 79.9. The number of nitrogens with one attached hydrogen (secondary N) is 1. The number of Topliss-reactive ketones (excluding diaryl/α,β-unsaturated/α-hetero) is 1. The van der Waals surface area contributed by atoms with Crippen LogP contribution in [0.15, 0.2) is 11.8 Å². The highest BCUT2D eigenvalue weighted by molar-refractivity contribution is 9.09. The molecule has 0 bridgehead atoms. The predicted octanol–water partition coefficient (Wildman–Crippen LogP) is -0.291. The van der Waals surface area contributed by atoms with Gasteiger partial charge in [0.1, 0.15) is 17.1 Å². The van der Waals surface area contributed by atoms with E-state index in [4.69, 9.17) is 5.11 Å². The second-order valence-electron chi connectivity index (χ2n) is 4.22. The molecular formula is C11H11BrN2O5S. The first-order valence-corrected chi connectivity index (χ1v) is 7.88. The molecule has 0 saturated carbocycles. The van der Waals surface area contributed by atoms with Crippen LogP contribution in [0.2, 0.25) is 0 Å². The lowest BCUT2D eigenvalue weighted by Gasteiger charge is -2.48. The normalized spacial score (nSPS) is 24.4. The lowest BCUT2D eigenvalue weighted by molar-refractivity contribution is -0.150. The van der Waals surface area contributed by atoms with Gasteiger partial charge in [-0.1, -0.05) is 15.9 Å². The van der Waals surface area contributed by atoms with Gasteiger partial charge in [0.05, 0.1) is 11.8 Å². The van der Waals surface area contributed by atoms with Gasteiger partial charge in [0.2, 0.25) is 5.91 Å². The molecule has 0 aliphatic carbocycles. The Labute approximate surface area is 126 Å². The van der Waals surface area contributed by atoms with E-state index in [0.717, 1.165) is 4.90 Å². The smallest absolute Gasteiger partial charge is 0.352 e. The molecule has 0 aromatic rings. The molecule has 2 aliphatic rings. The minimum absolute atomic E-state index is 0.0548. The number of alkyl halides is 1. The van der Waals surface area contributed by atoms with E-state index < -0.39 is 29.2 Å². The Morgan fingerprint density at radius 3 is 2.80 bits per heavy atom. The fraction of sp³-hybridized carbons (Fsp3) is 0.455. The molecule has 2 aliphatic heterocycles. The average Bonchev–Trinajstić information content (AvgIpc) is 2.43. The number of carboxylic acids is 1.